The highest BCUT2D eigenvalue weighted by Crippen LogP contribution is 2.32. The SMILES string of the molecule is CCOc1ccc(C(=O)C(OCC)(OCC)c2ccccc2)cc1. The molecule has 2 rings (SSSR count). The molecule has 0 saturated carbocycles. The number of ether oxygens (including phenoxy) is 3. The zero-order valence-corrected chi connectivity index (χ0v) is 14.5. The molecule has 0 N–H and O–H groups in total. The van der Waals surface area contributed by atoms with Crippen molar-refractivity contribution < 1.29 is 19.0 Å². The van der Waals surface area contributed by atoms with Crippen molar-refractivity contribution in [2.45, 2.75) is 26.6 Å². The molecule has 128 valence electrons. The molecule has 0 heterocycles. The molecule has 0 aliphatic carbocycles. The van der Waals surface area contributed by atoms with E-state index in [1.54, 1.807) is 24.3 Å². The summed E-state index contributed by atoms with van der Waals surface area (Å²) in [5, 5.41) is 0. The summed E-state index contributed by atoms with van der Waals surface area (Å²) in [6.45, 7) is 6.92. The molecule has 0 amide bonds. The third kappa shape index (κ3) is 3.83. The fraction of sp³-hybridized carbons (Fsp3) is 0.350. The van der Waals surface area contributed by atoms with Gasteiger partial charge in [0.15, 0.2) is 0 Å². The lowest BCUT2D eigenvalue weighted by Gasteiger charge is -2.32. The molecule has 0 aromatic heterocycles. The highest BCUT2D eigenvalue weighted by molar-refractivity contribution is 6.02. The second-order valence-electron chi connectivity index (χ2n) is 5.14. The Balaban J connectivity index is 2.43. The van der Waals surface area contributed by atoms with Gasteiger partial charge in [0.1, 0.15) is 5.75 Å². The van der Waals surface area contributed by atoms with Crippen molar-refractivity contribution in [1.29, 1.82) is 0 Å². The van der Waals surface area contributed by atoms with E-state index in [2.05, 4.69) is 0 Å². The smallest absolute Gasteiger partial charge is 0.261 e. The predicted molar refractivity (Wildman–Crippen MR) is 93.3 cm³/mol. The van der Waals surface area contributed by atoms with Gasteiger partial charge in [-0.05, 0) is 45.0 Å². The first-order valence-corrected chi connectivity index (χ1v) is 8.29. The number of carbonyl (C=O) groups is 1. The Morgan fingerprint density at radius 3 is 1.92 bits per heavy atom. The first-order valence-electron chi connectivity index (χ1n) is 8.29. The molecule has 2 aromatic carbocycles. The second-order valence-corrected chi connectivity index (χ2v) is 5.14. The maximum atomic E-state index is 13.2. The molecule has 0 fully saturated rings. The van der Waals surface area contributed by atoms with Crippen molar-refractivity contribution in [3.63, 3.8) is 0 Å². The van der Waals surface area contributed by atoms with E-state index in [0.29, 0.717) is 30.9 Å². The zero-order chi connectivity index (χ0) is 17.4. The number of hydrogen-bond acceptors (Lipinski definition) is 4. The lowest BCUT2D eigenvalue weighted by atomic mass is 9.95. The van der Waals surface area contributed by atoms with Crippen molar-refractivity contribution in [1.82, 2.24) is 0 Å². The minimum Gasteiger partial charge on any atom is -0.494 e. The van der Waals surface area contributed by atoms with E-state index in [1.165, 1.54) is 0 Å². The molecule has 0 saturated heterocycles. The van der Waals surface area contributed by atoms with Crippen LogP contribution in [0.2, 0.25) is 0 Å². The van der Waals surface area contributed by atoms with Crippen molar-refractivity contribution in [2.75, 3.05) is 19.8 Å². The van der Waals surface area contributed by atoms with Gasteiger partial charge in [-0.3, -0.25) is 4.79 Å². The van der Waals surface area contributed by atoms with Gasteiger partial charge in [-0.2, -0.15) is 0 Å². The van der Waals surface area contributed by atoms with Crippen LogP contribution in [-0.4, -0.2) is 25.6 Å². The summed E-state index contributed by atoms with van der Waals surface area (Å²) >= 11 is 0. The predicted octanol–water partition coefficient (Wildman–Crippen LogP) is 4.19. The third-order valence-electron chi connectivity index (χ3n) is 3.58. The van der Waals surface area contributed by atoms with E-state index in [1.807, 2.05) is 51.1 Å². The molecule has 4 heteroatoms. The van der Waals surface area contributed by atoms with Crippen LogP contribution in [0, 0.1) is 0 Å². The number of Topliss-reactive ketones (excluding diaryl/α,β-unsaturated/α-hetero) is 1. The first-order chi connectivity index (χ1) is 11.7. The van der Waals surface area contributed by atoms with Crippen LogP contribution in [0.1, 0.15) is 36.7 Å². The van der Waals surface area contributed by atoms with E-state index in [-0.39, 0.29) is 5.78 Å². The van der Waals surface area contributed by atoms with Gasteiger partial charge in [0.2, 0.25) is 5.78 Å². The van der Waals surface area contributed by atoms with Crippen molar-refractivity contribution in [3.8, 4) is 5.75 Å². The molecule has 0 bridgehead atoms. The normalized spacial score (nSPS) is 11.3. The van der Waals surface area contributed by atoms with Crippen LogP contribution < -0.4 is 4.74 Å². The van der Waals surface area contributed by atoms with Crippen molar-refractivity contribution in [2.24, 2.45) is 0 Å². The first kappa shape index (κ1) is 18.2. The minimum atomic E-state index is -1.43. The van der Waals surface area contributed by atoms with E-state index in [0.717, 1.165) is 5.75 Å². The quantitative estimate of drug-likeness (QED) is 0.511. The molecule has 0 aliphatic rings. The number of benzene rings is 2. The van der Waals surface area contributed by atoms with Gasteiger partial charge in [0.05, 0.1) is 6.61 Å². The van der Waals surface area contributed by atoms with Gasteiger partial charge in [-0.1, -0.05) is 30.3 Å². The van der Waals surface area contributed by atoms with Crippen molar-refractivity contribution >= 4 is 5.78 Å². The Morgan fingerprint density at radius 1 is 0.833 bits per heavy atom. The van der Waals surface area contributed by atoms with Gasteiger partial charge in [0.25, 0.3) is 5.79 Å². The number of carbonyl (C=O) groups excluding carboxylic acids is 1. The highest BCUT2D eigenvalue weighted by atomic mass is 16.7. The highest BCUT2D eigenvalue weighted by Gasteiger charge is 2.42. The average molecular weight is 328 g/mol. The van der Waals surface area contributed by atoms with Crippen LogP contribution in [0.5, 0.6) is 5.75 Å². The number of ketones is 1. The molecular formula is C20H24O4. The Labute approximate surface area is 143 Å². The van der Waals surface area contributed by atoms with Gasteiger partial charge in [-0.25, -0.2) is 0 Å². The van der Waals surface area contributed by atoms with Crippen molar-refractivity contribution in [3.05, 3.63) is 65.7 Å². The van der Waals surface area contributed by atoms with Crippen LogP contribution in [0.3, 0.4) is 0 Å². The van der Waals surface area contributed by atoms with Crippen LogP contribution in [0.25, 0.3) is 0 Å². The lowest BCUT2D eigenvalue weighted by Crippen LogP contribution is -2.42. The lowest BCUT2D eigenvalue weighted by molar-refractivity contribution is -0.204. The molecule has 0 aliphatic heterocycles. The maximum Gasteiger partial charge on any atom is 0.261 e. The van der Waals surface area contributed by atoms with E-state index in [9.17, 15) is 4.79 Å². The van der Waals surface area contributed by atoms with Crippen LogP contribution in [-0.2, 0) is 15.3 Å². The van der Waals surface area contributed by atoms with Crippen LogP contribution in [0.15, 0.2) is 54.6 Å². The average Bonchev–Trinajstić information content (AvgIpc) is 2.62. The Kier molecular flexibility index (Phi) is 6.53. The minimum absolute atomic E-state index is 0.222. The molecule has 0 unspecified atom stereocenters. The van der Waals surface area contributed by atoms with Crippen LogP contribution in [0.4, 0.5) is 0 Å². The monoisotopic (exact) mass is 328 g/mol. The Hall–Kier alpha value is -2.17. The molecule has 2 aromatic rings. The number of hydrogen-bond donors (Lipinski definition) is 0. The van der Waals surface area contributed by atoms with Crippen LogP contribution >= 0.6 is 0 Å². The summed E-state index contributed by atoms with van der Waals surface area (Å²) in [5.74, 6) is -0.926. The van der Waals surface area contributed by atoms with E-state index < -0.39 is 5.79 Å². The number of rotatable bonds is 9. The summed E-state index contributed by atoms with van der Waals surface area (Å²) in [6.07, 6.45) is 0. The molecule has 0 spiro atoms. The molecule has 24 heavy (non-hydrogen) atoms. The summed E-state index contributed by atoms with van der Waals surface area (Å²) < 4.78 is 17.1. The third-order valence-corrected chi connectivity index (χ3v) is 3.58. The summed E-state index contributed by atoms with van der Waals surface area (Å²) in [4.78, 5) is 13.2. The van der Waals surface area contributed by atoms with Gasteiger partial charge >= 0.3 is 0 Å². The summed E-state index contributed by atoms with van der Waals surface area (Å²) in [7, 11) is 0. The molecular weight excluding hydrogens is 304 g/mol. The zero-order valence-electron chi connectivity index (χ0n) is 14.5. The largest absolute Gasteiger partial charge is 0.494 e. The molecule has 4 nitrogen and oxygen atoms in total. The fourth-order valence-corrected chi connectivity index (χ4v) is 2.59. The Morgan fingerprint density at radius 2 is 1.42 bits per heavy atom. The van der Waals surface area contributed by atoms with Gasteiger partial charge < -0.3 is 14.2 Å². The summed E-state index contributed by atoms with van der Waals surface area (Å²) in [5.41, 5.74) is 1.21. The molecule has 0 radical (unpaired) electrons. The fourth-order valence-electron chi connectivity index (χ4n) is 2.59. The maximum absolute atomic E-state index is 13.2. The van der Waals surface area contributed by atoms with Gasteiger partial charge in [-0.15, -0.1) is 0 Å². The topological polar surface area (TPSA) is 44.8 Å². The standard InChI is InChI=1S/C20H24O4/c1-4-22-18-14-12-16(13-15-18)19(21)20(23-5-2,24-6-3)17-10-8-7-9-11-17/h7-15H,4-6H2,1-3H3. The summed E-state index contributed by atoms with van der Waals surface area (Å²) in [6, 6.07) is 16.4. The second kappa shape index (κ2) is 8.62. The van der Waals surface area contributed by atoms with Gasteiger partial charge in [0, 0.05) is 24.3 Å². The molecule has 0 atom stereocenters. The van der Waals surface area contributed by atoms with E-state index in [4.69, 9.17) is 14.2 Å². The Bertz CT molecular complexity index is 628. The van der Waals surface area contributed by atoms with E-state index >= 15 is 0 Å².